The molecule has 1 heterocycles. The molecule has 0 aromatic carbocycles. The van der Waals surface area contributed by atoms with Crippen LogP contribution >= 0.6 is 0 Å². The maximum Gasteiger partial charge on any atom is 0.106 e. The third-order valence-electron chi connectivity index (χ3n) is 3.61. The van der Waals surface area contributed by atoms with E-state index in [4.69, 9.17) is 4.98 Å². The maximum atomic E-state index is 4.73. The van der Waals surface area contributed by atoms with Crippen LogP contribution in [0.4, 0.5) is 0 Å². The second-order valence-electron chi connectivity index (χ2n) is 5.27. The van der Waals surface area contributed by atoms with Crippen molar-refractivity contribution >= 4 is 0 Å². The molecule has 0 saturated heterocycles. The molecule has 1 aliphatic carbocycles. The summed E-state index contributed by atoms with van der Waals surface area (Å²) in [5, 5.41) is 0. The molecular formula is C14H24N2. The summed E-state index contributed by atoms with van der Waals surface area (Å²) in [6.45, 7) is 4.59. The second kappa shape index (κ2) is 5.51. The Kier molecular flexibility index (Phi) is 4.03. The number of aryl methyl sites for hydroxylation is 2. The Morgan fingerprint density at radius 1 is 1.31 bits per heavy atom. The normalized spacial score (nSPS) is 19.8. The number of aromatic nitrogens is 2. The van der Waals surface area contributed by atoms with E-state index in [0.717, 1.165) is 12.3 Å². The van der Waals surface area contributed by atoms with Crippen LogP contribution in [0.3, 0.4) is 0 Å². The van der Waals surface area contributed by atoms with E-state index < -0.39 is 0 Å². The summed E-state index contributed by atoms with van der Waals surface area (Å²) in [4.78, 5) is 8.26. The lowest BCUT2D eigenvalue weighted by molar-refractivity contribution is 0.492. The Morgan fingerprint density at radius 2 is 2.19 bits per heavy atom. The van der Waals surface area contributed by atoms with Gasteiger partial charge in [-0.05, 0) is 31.6 Å². The average molecular weight is 220 g/mol. The Labute approximate surface area is 98.9 Å². The molecule has 90 valence electrons. The number of rotatable bonds is 5. The number of hydrogen-bond acceptors (Lipinski definition) is 1. The van der Waals surface area contributed by atoms with E-state index in [1.54, 1.807) is 0 Å². The lowest BCUT2D eigenvalue weighted by Gasteiger charge is -2.15. The first kappa shape index (κ1) is 11.7. The minimum absolute atomic E-state index is 0.834. The molecule has 16 heavy (non-hydrogen) atoms. The molecule has 0 fully saturated rings. The third kappa shape index (κ3) is 2.87. The minimum atomic E-state index is 0.834. The fourth-order valence-electron chi connectivity index (χ4n) is 2.55. The molecule has 2 nitrogen and oxygen atoms in total. The van der Waals surface area contributed by atoms with Gasteiger partial charge in [0, 0.05) is 12.1 Å². The van der Waals surface area contributed by atoms with Crippen LogP contribution in [0.5, 0.6) is 0 Å². The molecule has 0 aliphatic heterocycles. The quantitative estimate of drug-likeness (QED) is 0.754. The van der Waals surface area contributed by atoms with Gasteiger partial charge in [0.25, 0.3) is 0 Å². The van der Waals surface area contributed by atoms with Gasteiger partial charge in [0.1, 0.15) is 5.82 Å². The van der Waals surface area contributed by atoms with Crippen molar-refractivity contribution in [3.63, 3.8) is 0 Å². The number of H-pyrrole nitrogens is 1. The minimum Gasteiger partial charge on any atom is -0.346 e. The predicted octanol–water partition coefficient (Wildman–Crippen LogP) is 3.66. The number of nitrogens with zero attached hydrogens (tertiary/aromatic N) is 1. The van der Waals surface area contributed by atoms with Crippen LogP contribution in [0.25, 0.3) is 0 Å². The van der Waals surface area contributed by atoms with Crippen molar-refractivity contribution in [1.82, 2.24) is 9.97 Å². The van der Waals surface area contributed by atoms with Crippen molar-refractivity contribution in [1.29, 1.82) is 0 Å². The zero-order valence-corrected chi connectivity index (χ0v) is 10.7. The molecule has 0 saturated carbocycles. The van der Waals surface area contributed by atoms with Crippen LogP contribution in [-0.4, -0.2) is 9.97 Å². The van der Waals surface area contributed by atoms with Gasteiger partial charge in [-0.2, -0.15) is 0 Å². The summed E-state index contributed by atoms with van der Waals surface area (Å²) in [7, 11) is 0. The van der Waals surface area contributed by atoms with E-state index in [0.29, 0.717) is 0 Å². The lowest BCUT2D eigenvalue weighted by atomic mass is 9.92. The Balaban J connectivity index is 1.87. The number of aromatic amines is 1. The Hall–Kier alpha value is -0.790. The van der Waals surface area contributed by atoms with Gasteiger partial charge in [-0.1, -0.05) is 33.1 Å². The number of nitrogens with one attached hydrogen (secondary N) is 1. The van der Waals surface area contributed by atoms with Crippen LogP contribution in [0.15, 0.2) is 0 Å². The van der Waals surface area contributed by atoms with Gasteiger partial charge in [0.05, 0.1) is 5.69 Å². The highest BCUT2D eigenvalue weighted by Gasteiger charge is 2.18. The highest BCUT2D eigenvalue weighted by atomic mass is 14.9. The first-order valence-electron chi connectivity index (χ1n) is 6.86. The average Bonchev–Trinajstić information content (AvgIpc) is 2.66. The molecule has 0 bridgehead atoms. The molecule has 1 atom stereocenters. The number of fused-ring (bicyclic) bond motifs is 1. The van der Waals surface area contributed by atoms with Gasteiger partial charge < -0.3 is 4.98 Å². The summed E-state index contributed by atoms with van der Waals surface area (Å²) in [6, 6.07) is 0. The molecule has 1 aliphatic rings. The van der Waals surface area contributed by atoms with E-state index in [2.05, 4.69) is 18.8 Å². The highest BCUT2D eigenvalue weighted by Crippen LogP contribution is 2.23. The Bertz CT molecular complexity index is 327. The molecule has 1 N–H and O–H groups in total. The highest BCUT2D eigenvalue weighted by molar-refractivity contribution is 5.18. The summed E-state index contributed by atoms with van der Waals surface area (Å²) in [5.74, 6) is 2.07. The fourth-order valence-corrected chi connectivity index (χ4v) is 2.55. The van der Waals surface area contributed by atoms with Crippen molar-refractivity contribution in [2.75, 3.05) is 0 Å². The molecule has 0 spiro atoms. The zero-order valence-electron chi connectivity index (χ0n) is 10.7. The molecular weight excluding hydrogens is 196 g/mol. The van der Waals surface area contributed by atoms with Crippen LogP contribution in [-0.2, 0) is 19.3 Å². The van der Waals surface area contributed by atoms with Gasteiger partial charge in [-0.3, -0.25) is 0 Å². The van der Waals surface area contributed by atoms with Crippen molar-refractivity contribution in [3.05, 3.63) is 17.2 Å². The monoisotopic (exact) mass is 220 g/mol. The van der Waals surface area contributed by atoms with Crippen molar-refractivity contribution in [2.45, 2.75) is 65.2 Å². The number of unbranched alkanes of at least 4 members (excludes halogenated alkanes) is 3. The molecule has 1 unspecified atom stereocenters. The topological polar surface area (TPSA) is 28.7 Å². The second-order valence-corrected chi connectivity index (χ2v) is 5.27. The third-order valence-corrected chi connectivity index (χ3v) is 3.61. The SMILES string of the molecule is CCCCCCc1nc2c([nH]1)CC(C)CC2. The predicted molar refractivity (Wildman–Crippen MR) is 67.6 cm³/mol. The number of hydrogen-bond donors (Lipinski definition) is 1. The van der Waals surface area contributed by atoms with E-state index >= 15 is 0 Å². The van der Waals surface area contributed by atoms with Crippen LogP contribution in [0, 0.1) is 5.92 Å². The molecule has 1 aromatic rings. The van der Waals surface area contributed by atoms with Gasteiger partial charge in [-0.15, -0.1) is 0 Å². The molecule has 0 radical (unpaired) electrons. The summed E-state index contributed by atoms with van der Waals surface area (Å²) in [5.41, 5.74) is 2.77. The smallest absolute Gasteiger partial charge is 0.106 e. The van der Waals surface area contributed by atoms with Crippen LogP contribution in [0.1, 0.15) is 63.2 Å². The van der Waals surface area contributed by atoms with E-state index in [1.807, 2.05) is 0 Å². The standard InChI is InChI=1S/C14H24N2/c1-3-4-5-6-7-14-15-12-9-8-11(2)10-13(12)16-14/h11H,3-10H2,1-2H3,(H,15,16). The van der Waals surface area contributed by atoms with Gasteiger partial charge in [0.15, 0.2) is 0 Å². The molecule has 2 heteroatoms. The summed E-state index contributed by atoms with van der Waals surface area (Å²) >= 11 is 0. The molecule has 0 amide bonds. The maximum absolute atomic E-state index is 4.73. The van der Waals surface area contributed by atoms with Gasteiger partial charge >= 0.3 is 0 Å². The Morgan fingerprint density at radius 3 is 3.00 bits per heavy atom. The van der Waals surface area contributed by atoms with Crippen molar-refractivity contribution in [3.8, 4) is 0 Å². The summed E-state index contributed by atoms with van der Waals surface area (Å²) in [6.07, 6.45) is 10.1. The fraction of sp³-hybridized carbons (Fsp3) is 0.786. The summed E-state index contributed by atoms with van der Waals surface area (Å²) < 4.78 is 0. The first-order valence-corrected chi connectivity index (χ1v) is 6.86. The van der Waals surface area contributed by atoms with E-state index in [1.165, 1.54) is 62.2 Å². The van der Waals surface area contributed by atoms with Crippen molar-refractivity contribution < 1.29 is 0 Å². The number of imidazole rings is 1. The lowest BCUT2D eigenvalue weighted by Crippen LogP contribution is -2.10. The molecule has 1 aromatic heterocycles. The van der Waals surface area contributed by atoms with Gasteiger partial charge in [-0.25, -0.2) is 4.98 Å². The van der Waals surface area contributed by atoms with E-state index in [-0.39, 0.29) is 0 Å². The van der Waals surface area contributed by atoms with Crippen molar-refractivity contribution in [2.24, 2.45) is 5.92 Å². The van der Waals surface area contributed by atoms with Gasteiger partial charge in [0.2, 0.25) is 0 Å². The first-order chi connectivity index (χ1) is 7.79. The van der Waals surface area contributed by atoms with Crippen LogP contribution in [0.2, 0.25) is 0 Å². The molecule has 2 rings (SSSR count). The van der Waals surface area contributed by atoms with Crippen LogP contribution < -0.4 is 0 Å². The van der Waals surface area contributed by atoms with E-state index in [9.17, 15) is 0 Å². The zero-order chi connectivity index (χ0) is 11.4. The largest absolute Gasteiger partial charge is 0.346 e.